The summed E-state index contributed by atoms with van der Waals surface area (Å²) >= 11 is 0. The van der Waals surface area contributed by atoms with E-state index in [1.165, 1.54) is 54.9 Å². The lowest BCUT2D eigenvalue weighted by Gasteiger charge is -2.26. The molecule has 50 heavy (non-hydrogen) atoms. The third-order valence-corrected chi connectivity index (χ3v) is 11.0. The van der Waals surface area contributed by atoms with E-state index in [4.69, 9.17) is 0 Å². The van der Waals surface area contributed by atoms with Crippen LogP contribution in [0.1, 0.15) is 69.2 Å². The van der Waals surface area contributed by atoms with Crippen LogP contribution in [0.5, 0.6) is 0 Å². The van der Waals surface area contributed by atoms with Gasteiger partial charge in [0.1, 0.15) is 6.54 Å². The van der Waals surface area contributed by atoms with Gasteiger partial charge in [0, 0.05) is 34.5 Å². The number of hydrogen-bond acceptors (Lipinski definition) is 3. The number of allylic oxidation sites excluding steroid dienone is 8. The molecule has 0 aromatic heterocycles. The van der Waals surface area contributed by atoms with Crippen molar-refractivity contribution in [1.82, 2.24) is 0 Å². The lowest BCUT2D eigenvalue weighted by molar-refractivity contribution is -0.427. The van der Waals surface area contributed by atoms with Gasteiger partial charge in [0.15, 0.2) is 5.71 Å². The van der Waals surface area contributed by atoms with Crippen LogP contribution in [0.25, 0.3) is 21.5 Å². The summed E-state index contributed by atoms with van der Waals surface area (Å²) in [6.45, 7) is 12.8. The summed E-state index contributed by atoms with van der Waals surface area (Å²) in [5.41, 5.74) is 10.2. The van der Waals surface area contributed by atoms with E-state index in [1.54, 1.807) is 0 Å². The highest BCUT2D eigenvalue weighted by Gasteiger charge is 2.46. The van der Waals surface area contributed by atoms with Crippen molar-refractivity contribution in [2.24, 2.45) is 0 Å². The van der Waals surface area contributed by atoms with Crippen molar-refractivity contribution in [3.63, 3.8) is 0 Å². The minimum atomic E-state index is -0.865. The molecule has 0 saturated carbocycles. The summed E-state index contributed by atoms with van der Waals surface area (Å²) < 4.78 is 1.96. The molecule has 2 heterocycles. The van der Waals surface area contributed by atoms with Crippen molar-refractivity contribution in [3.05, 3.63) is 130 Å². The molecule has 6 nitrogen and oxygen atoms in total. The summed E-state index contributed by atoms with van der Waals surface area (Å²) in [5, 5.41) is 24.6. The smallest absolute Gasteiger partial charge is 0.370 e. The number of nitrogens with zero attached hydrogens (tertiary/aromatic N) is 2. The SMILES string of the molecule is Cc1cccc2c3c(ccc12)[N+](CC(=O)O)=C(/C=C/C1=CC(=C/C=C2/N(CC(=O)O)c4ccc5c(C)cccc5c4C2(C)C)CCC1)C3(C)C. The topological polar surface area (TPSA) is 80.9 Å². The van der Waals surface area contributed by atoms with E-state index in [9.17, 15) is 19.8 Å². The molecule has 2 N–H and O–H groups in total. The molecule has 0 amide bonds. The Morgan fingerprint density at radius 1 is 0.760 bits per heavy atom. The molecular weight excluding hydrogens is 620 g/mol. The summed E-state index contributed by atoms with van der Waals surface area (Å²) in [5.74, 6) is -1.73. The molecule has 3 aliphatic rings. The molecule has 1 aliphatic carbocycles. The zero-order valence-corrected chi connectivity index (χ0v) is 29.8. The third kappa shape index (κ3) is 5.47. The Kier molecular flexibility index (Phi) is 8.17. The highest BCUT2D eigenvalue weighted by Crippen LogP contribution is 2.51. The highest BCUT2D eigenvalue weighted by atomic mass is 16.4. The molecule has 254 valence electrons. The molecule has 0 bridgehead atoms. The molecule has 4 aromatic carbocycles. The molecule has 0 atom stereocenters. The number of carboxylic acid groups (broad SMARTS) is 2. The maximum absolute atomic E-state index is 12.1. The Hall–Kier alpha value is -5.23. The standard InChI is InChI=1S/C44H44N2O4/c1-27-10-7-14-33-31(27)18-20-35-41(33)43(3,4)37(45(35)25-39(47)48)22-16-29-12-9-13-30(24-29)17-23-38-44(5,6)42-34-15-8-11-28(2)32(34)19-21-36(42)46(38)26-40(49)50/h7-8,10-11,14-24H,9,12-13,25-26H2,1-6H3,(H-,47,48,49,50)/p+1. The average Bonchev–Trinajstić information content (AvgIpc) is 3.40. The van der Waals surface area contributed by atoms with E-state index in [1.807, 2.05) is 9.48 Å². The van der Waals surface area contributed by atoms with Crippen LogP contribution in [0.15, 0.2) is 108 Å². The second kappa shape index (κ2) is 12.3. The third-order valence-electron chi connectivity index (χ3n) is 11.0. The minimum absolute atomic E-state index is 0.106. The molecule has 0 spiro atoms. The predicted octanol–water partition coefficient (Wildman–Crippen LogP) is 9.43. The van der Waals surface area contributed by atoms with Crippen LogP contribution in [0.4, 0.5) is 11.4 Å². The van der Waals surface area contributed by atoms with Gasteiger partial charge in [0.2, 0.25) is 12.2 Å². The van der Waals surface area contributed by atoms with Crippen LogP contribution in [-0.4, -0.2) is 45.5 Å². The van der Waals surface area contributed by atoms with Gasteiger partial charge in [-0.3, -0.25) is 4.79 Å². The van der Waals surface area contributed by atoms with Gasteiger partial charge >= 0.3 is 11.9 Å². The van der Waals surface area contributed by atoms with Gasteiger partial charge in [-0.25, -0.2) is 4.79 Å². The van der Waals surface area contributed by atoms with Gasteiger partial charge in [-0.2, -0.15) is 4.58 Å². The molecule has 0 saturated heterocycles. The Labute approximate surface area is 294 Å². The number of carboxylic acids is 2. The molecule has 0 radical (unpaired) electrons. The number of aryl methyl sites for hydroxylation is 2. The van der Waals surface area contributed by atoms with E-state index in [0.29, 0.717) is 0 Å². The molecule has 7 rings (SSSR count). The summed E-state index contributed by atoms with van der Waals surface area (Å²) in [6.07, 6.45) is 13.7. The Balaban J connectivity index is 1.26. The van der Waals surface area contributed by atoms with Gasteiger partial charge in [-0.05, 0) is 115 Å². The van der Waals surface area contributed by atoms with Gasteiger partial charge in [-0.15, -0.1) is 0 Å². The predicted molar refractivity (Wildman–Crippen MR) is 203 cm³/mol. The van der Waals surface area contributed by atoms with Gasteiger partial charge in [-0.1, -0.05) is 74.5 Å². The monoisotopic (exact) mass is 665 g/mol. The number of anilines is 1. The van der Waals surface area contributed by atoms with Crippen LogP contribution in [0, 0.1) is 13.8 Å². The summed E-state index contributed by atoms with van der Waals surface area (Å²) in [7, 11) is 0. The summed E-state index contributed by atoms with van der Waals surface area (Å²) in [4.78, 5) is 26.2. The second-order valence-electron chi connectivity index (χ2n) is 15.1. The molecule has 2 aliphatic heterocycles. The lowest BCUT2D eigenvalue weighted by atomic mass is 9.78. The number of benzene rings is 4. The zero-order valence-electron chi connectivity index (χ0n) is 29.8. The number of hydrogen-bond donors (Lipinski definition) is 2. The van der Waals surface area contributed by atoms with E-state index < -0.39 is 22.8 Å². The van der Waals surface area contributed by atoms with E-state index in [0.717, 1.165) is 42.0 Å². The first-order valence-electron chi connectivity index (χ1n) is 17.5. The average molecular weight is 666 g/mol. The van der Waals surface area contributed by atoms with Gasteiger partial charge < -0.3 is 15.1 Å². The normalized spacial score (nSPS) is 19.6. The van der Waals surface area contributed by atoms with Crippen molar-refractivity contribution < 1.29 is 24.4 Å². The first-order valence-corrected chi connectivity index (χ1v) is 17.5. The fraction of sp³-hybridized carbons (Fsp3) is 0.295. The van der Waals surface area contributed by atoms with E-state index >= 15 is 0 Å². The Bertz CT molecular complexity index is 2280. The van der Waals surface area contributed by atoms with Crippen LogP contribution in [-0.2, 0) is 20.4 Å². The van der Waals surface area contributed by atoms with Crippen molar-refractivity contribution >= 4 is 50.6 Å². The van der Waals surface area contributed by atoms with Crippen molar-refractivity contribution in [1.29, 1.82) is 0 Å². The molecule has 6 heteroatoms. The van der Waals surface area contributed by atoms with Crippen molar-refractivity contribution in [2.75, 3.05) is 18.0 Å². The van der Waals surface area contributed by atoms with Crippen LogP contribution < -0.4 is 4.90 Å². The maximum atomic E-state index is 12.1. The molecule has 0 unspecified atom stereocenters. The first kappa shape index (κ1) is 33.3. The lowest BCUT2D eigenvalue weighted by Crippen LogP contribution is -2.30. The maximum Gasteiger partial charge on any atom is 0.370 e. The quantitative estimate of drug-likeness (QED) is 0.192. The summed E-state index contributed by atoms with van der Waals surface area (Å²) in [6, 6.07) is 21.1. The first-order chi connectivity index (χ1) is 23.8. The largest absolute Gasteiger partial charge is 0.480 e. The number of fused-ring (bicyclic) bond motifs is 6. The minimum Gasteiger partial charge on any atom is -0.480 e. The number of rotatable bonds is 7. The van der Waals surface area contributed by atoms with Crippen LogP contribution in [0.2, 0.25) is 0 Å². The Morgan fingerprint density at radius 3 is 2.08 bits per heavy atom. The number of aliphatic carboxylic acids is 2. The highest BCUT2D eigenvalue weighted by molar-refractivity contribution is 6.08. The van der Waals surface area contributed by atoms with E-state index in [2.05, 4.69) is 133 Å². The molecule has 4 aromatic rings. The second-order valence-corrected chi connectivity index (χ2v) is 15.1. The van der Waals surface area contributed by atoms with Gasteiger partial charge in [0.05, 0.1) is 5.41 Å². The van der Waals surface area contributed by atoms with Crippen molar-refractivity contribution in [3.8, 4) is 0 Å². The number of carbonyl (C=O) groups is 2. The van der Waals surface area contributed by atoms with Crippen LogP contribution in [0.3, 0.4) is 0 Å². The fourth-order valence-electron chi connectivity index (χ4n) is 8.68. The fourth-order valence-corrected chi connectivity index (χ4v) is 8.68. The molecular formula is C44H45N2O4+. The van der Waals surface area contributed by atoms with Gasteiger partial charge in [0.25, 0.3) is 0 Å². The van der Waals surface area contributed by atoms with Crippen molar-refractivity contribution in [2.45, 2.75) is 71.6 Å². The van der Waals surface area contributed by atoms with Crippen LogP contribution >= 0.6 is 0 Å². The zero-order chi connectivity index (χ0) is 35.5. The van der Waals surface area contributed by atoms with E-state index in [-0.39, 0.29) is 13.1 Å². The Morgan fingerprint density at radius 2 is 1.42 bits per heavy atom. The molecule has 0 fully saturated rings.